The molecular formula is C17H18FNO3. The van der Waals surface area contributed by atoms with E-state index in [-0.39, 0.29) is 5.75 Å². The lowest BCUT2D eigenvalue weighted by Crippen LogP contribution is -2.17. The third-order valence-corrected chi connectivity index (χ3v) is 2.91. The van der Waals surface area contributed by atoms with Crippen LogP contribution in [0, 0.1) is 5.82 Å². The highest BCUT2D eigenvalue weighted by Gasteiger charge is 2.08. The van der Waals surface area contributed by atoms with Crippen molar-refractivity contribution in [1.82, 2.24) is 0 Å². The number of para-hydroxylation sites is 1. The number of amides is 1. The standard InChI is InChI=1S/C17H18FNO3/c1-2-3-12-21-14-10-8-13(9-11-14)19-17(20)22-16-7-5-4-6-15(16)18/h4-11H,2-3,12H2,1H3,(H,19,20). The number of carbonyl (C=O) groups excluding carboxylic acids is 1. The summed E-state index contributed by atoms with van der Waals surface area (Å²) < 4.78 is 23.8. The lowest BCUT2D eigenvalue weighted by Gasteiger charge is -2.09. The van der Waals surface area contributed by atoms with E-state index in [9.17, 15) is 9.18 Å². The summed E-state index contributed by atoms with van der Waals surface area (Å²) in [5.41, 5.74) is 0.546. The van der Waals surface area contributed by atoms with Gasteiger partial charge in [-0.2, -0.15) is 0 Å². The van der Waals surface area contributed by atoms with Crippen molar-refractivity contribution in [2.45, 2.75) is 19.8 Å². The lowest BCUT2D eigenvalue weighted by atomic mass is 10.3. The number of nitrogens with one attached hydrogen (secondary N) is 1. The molecule has 0 unspecified atom stereocenters. The summed E-state index contributed by atoms with van der Waals surface area (Å²) in [7, 11) is 0. The van der Waals surface area contributed by atoms with E-state index in [2.05, 4.69) is 12.2 Å². The highest BCUT2D eigenvalue weighted by molar-refractivity contribution is 5.86. The van der Waals surface area contributed by atoms with Gasteiger partial charge in [-0.1, -0.05) is 25.5 Å². The van der Waals surface area contributed by atoms with Crippen LogP contribution in [0.5, 0.6) is 11.5 Å². The molecular weight excluding hydrogens is 285 g/mol. The van der Waals surface area contributed by atoms with Crippen LogP contribution in [0.3, 0.4) is 0 Å². The predicted molar refractivity (Wildman–Crippen MR) is 82.9 cm³/mol. The molecule has 0 fully saturated rings. The van der Waals surface area contributed by atoms with Crippen LogP contribution in [-0.4, -0.2) is 12.7 Å². The number of carbonyl (C=O) groups is 1. The largest absolute Gasteiger partial charge is 0.494 e. The Morgan fingerprint density at radius 3 is 2.55 bits per heavy atom. The van der Waals surface area contributed by atoms with E-state index in [1.165, 1.54) is 18.2 Å². The zero-order valence-electron chi connectivity index (χ0n) is 12.3. The molecule has 0 spiro atoms. The molecule has 0 aliphatic carbocycles. The molecule has 0 aliphatic rings. The number of ether oxygens (including phenoxy) is 2. The predicted octanol–water partition coefficient (Wildman–Crippen LogP) is 4.62. The Labute approximate surface area is 128 Å². The monoisotopic (exact) mass is 303 g/mol. The molecule has 2 rings (SSSR count). The maximum atomic E-state index is 13.4. The highest BCUT2D eigenvalue weighted by Crippen LogP contribution is 2.18. The molecule has 0 bridgehead atoms. The summed E-state index contributed by atoms with van der Waals surface area (Å²) in [4.78, 5) is 11.7. The number of halogens is 1. The highest BCUT2D eigenvalue weighted by atomic mass is 19.1. The molecule has 2 aromatic rings. The topological polar surface area (TPSA) is 47.6 Å². The molecule has 0 aromatic heterocycles. The second-order valence-corrected chi connectivity index (χ2v) is 4.67. The first-order valence-corrected chi connectivity index (χ1v) is 7.15. The van der Waals surface area contributed by atoms with Crippen LogP contribution in [-0.2, 0) is 0 Å². The van der Waals surface area contributed by atoms with Crippen LogP contribution in [0.1, 0.15) is 19.8 Å². The van der Waals surface area contributed by atoms with E-state index >= 15 is 0 Å². The summed E-state index contributed by atoms with van der Waals surface area (Å²) >= 11 is 0. The van der Waals surface area contributed by atoms with Gasteiger partial charge in [-0.25, -0.2) is 9.18 Å². The van der Waals surface area contributed by atoms with E-state index < -0.39 is 11.9 Å². The zero-order valence-corrected chi connectivity index (χ0v) is 12.3. The lowest BCUT2D eigenvalue weighted by molar-refractivity contribution is 0.213. The molecule has 0 atom stereocenters. The number of benzene rings is 2. The van der Waals surface area contributed by atoms with Crippen molar-refractivity contribution in [2.75, 3.05) is 11.9 Å². The number of hydrogen-bond donors (Lipinski definition) is 1. The first kappa shape index (κ1) is 15.8. The Kier molecular flexibility index (Phi) is 5.77. The number of rotatable bonds is 6. The fourth-order valence-electron chi connectivity index (χ4n) is 1.74. The van der Waals surface area contributed by atoms with Gasteiger partial charge in [-0.15, -0.1) is 0 Å². The Bertz CT molecular complexity index is 614. The number of hydrogen-bond acceptors (Lipinski definition) is 3. The molecule has 0 saturated carbocycles. The summed E-state index contributed by atoms with van der Waals surface area (Å²) in [5.74, 6) is 0.0401. The Morgan fingerprint density at radius 1 is 1.14 bits per heavy atom. The van der Waals surface area contributed by atoms with Crippen molar-refractivity contribution in [3.8, 4) is 11.5 Å². The second-order valence-electron chi connectivity index (χ2n) is 4.67. The third kappa shape index (κ3) is 4.77. The molecule has 1 amide bonds. The smallest absolute Gasteiger partial charge is 0.417 e. The summed E-state index contributed by atoms with van der Waals surface area (Å²) in [5, 5.41) is 2.53. The minimum atomic E-state index is -0.746. The Hall–Kier alpha value is -2.56. The molecule has 0 radical (unpaired) electrons. The summed E-state index contributed by atoms with van der Waals surface area (Å²) in [6.45, 7) is 2.76. The zero-order chi connectivity index (χ0) is 15.8. The van der Waals surface area contributed by atoms with Crippen LogP contribution < -0.4 is 14.8 Å². The number of anilines is 1. The molecule has 4 nitrogen and oxygen atoms in total. The average Bonchev–Trinajstić information content (AvgIpc) is 2.51. The van der Waals surface area contributed by atoms with Crippen molar-refractivity contribution in [3.05, 3.63) is 54.3 Å². The normalized spacial score (nSPS) is 10.1. The van der Waals surface area contributed by atoms with Gasteiger partial charge < -0.3 is 9.47 Å². The van der Waals surface area contributed by atoms with E-state index in [1.54, 1.807) is 30.3 Å². The number of unbranched alkanes of at least 4 members (excludes halogenated alkanes) is 1. The molecule has 116 valence electrons. The fourth-order valence-corrected chi connectivity index (χ4v) is 1.74. The van der Waals surface area contributed by atoms with Gasteiger partial charge >= 0.3 is 6.09 Å². The van der Waals surface area contributed by atoms with Crippen molar-refractivity contribution < 1.29 is 18.7 Å². The molecule has 22 heavy (non-hydrogen) atoms. The van der Waals surface area contributed by atoms with Gasteiger partial charge in [0.25, 0.3) is 0 Å². The first-order valence-electron chi connectivity index (χ1n) is 7.15. The second kappa shape index (κ2) is 8.02. The van der Waals surface area contributed by atoms with Crippen LogP contribution >= 0.6 is 0 Å². The van der Waals surface area contributed by atoms with Gasteiger partial charge in [-0.05, 0) is 42.8 Å². The minimum absolute atomic E-state index is 0.112. The van der Waals surface area contributed by atoms with Gasteiger partial charge in [0.1, 0.15) is 5.75 Å². The van der Waals surface area contributed by atoms with Crippen LogP contribution in [0.25, 0.3) is 0 Å². The molecule has 2 aromatic carbocycles. The van der Waals surface area contributed by atoms with E-state index in [4.69, 9.17) is 9.47 Å². The van der Waals surface area contributed by atoms with Gasteiger partial charge in [-0.3, -0.25) is 5.32 Å². The maximum absolute atomic E-state index is 13.4. The van der Waals surface area contributed by atoms with E-state index in [1.807, 2.05) is 0 Å². The van der Waals surface area contributed by atoms with Gasteiger partial charge in [0.2, 0.25) is 0 Å². The Morgan fingerprint density at radius 2 is 1.86 bits per heavy atom. The fraction of sp³-hybridized carbons (Fsp3) is 0.235. The van der Waals surface area contributed by atoms with Gasteiger partial charge in [0, 0.05) is 5.69 Å². The maximum Gasteiger partial charge on any atom is 0.417 e. The van der Waals surface area contributed by atoms with Crippen LogP contribution in [0.4, 0.5) is 14.9 Å². The molecule has 0 heterocycles. The van der Waals surface area contributed by atoms with Crippen molar-refractivity contribution in [1.29, 1.82) is 0 Å². The summed E-state index contributed by atoms with van der Waals surface area (Å²) in [6, 6.07) is 12.6. The summed E-state index contributed by atoms with van der Waals surface area (Å²) in [6.07, 6.45) is 1.32. The molecule has 0 saturated heterocycles. The molecule has 1 N–H and O–H groups in total. The average molecular weight is 303 g/mol. The van der Waals surface area contributed by atoms with Crippen LogP contribution in [0.2, 0.25) is 0 Å². The van der Waals surface area contributed by atoms with Crippen molar-refractivity contribution in [3.63, 3.8) is 0 Å². The van der Waals surface area contributed by atoms with Crippen molar-refractivity contribution >= 4 is 11.8 Å². The van der Waals surface area contributed by atoms with Crippen LogP contribution in [0.15, 0.2) is 48.5 Å². The van der Waals surface area contributed by atoms with Crippen molar-refractivity contribution in [2.24, 2.45) is 0 Å². The minimum Gasteiger partial charge on any atom is -0.494 e. The molecule has 5 heteroatoms. The van der Waals surface area contributed by atoms with E-state index in [0.29, 0.717) is 12.3 Å². The Balaban J connectivity index is 1.88. The quantitative estimate of drug-likeness (QED) is 0.792. The first-order chi connectivity index (χ1) is 10.7. The van der Waals surface area contributed by atoms with Gasteiger partial charge in [0.15, 0.2) is 11.6 Å². The van der Waals surface area contributed by atoms with Gasteiger partial charge in [0.05, 0.1) is 6.61 Å². The van der Waals surface area contributed by atoms with E-state index in [0.717, 1.165) is 18.6 Å². The molecule has 0 aliphatic heterocycles. The SMILES string of the molecule is CCCCOc1ccc(NC(=O)Oc2ccccc2F)cc1. The third-order valence-electron chi connectivity index (χ3n) is 2.91.